The number of aliphatic carboxylic acids is 1. The number of aromatic nitrogens is 1. The molecule has 2 heterocycles. The Labute approximate surface area is 213 Å². The molecule has 1 aromatic heterocycles. The van der Waals surface area contributed by atoms with Crippen LogP contribution in [0.4, 0.5) is 23.7 Å². The fourth-order valence-corrected chi connectivity index (χ4v) is 4.18. The molecule has 1 amide bonds. The molecule has 0 saturated carbocycles. The minimum atomic E-state index is -4.61. The quantitative estimate of drug-likeness (QED) is 0.422. The van der Waals surface area contributed by atoms with Crippen molar-refractivity contribution in [1.29, 1.82) is 0 Å². The van der Waals surface area contributed by atoms with E-state index in [9.17, 15) is 32.3 Å². The Morgan fingerprint density at radius 3 is 2.50 bits per heavy atom. The molecule has 4 rings (SSSR count). The van der Waals surface area contributed by atoms with Gasteiger partial charge in [-0.25, -0.2) is 4.79 Å². The minimum absolute atomic E-state index is 0.00437. The Hall–Kier alpha value is -4.35. The zero-order valence-electron chi connectivity index (χ0n) is 20.3. The average Bonchev–Trinajstić information content (AvgIpc) is 3.24. The summed E-state index contributed by atoms with van der Waals surface area (Å²) < 4.78 is 51.1. The first kappa shape index (κ1) is 26.7. The molecule has 12 heteroatoms. The van der Waals surface area contributed by atoms with E-state index in [0.717, 1.165) is 6.07 Å². The maximum atomic E-state index is 13.5. The number of carbonyl (C=O) groups is 3. The smallest absolute Gasteiger partial charge is 0.417 e. The summed E-state index contributed by atoms with van der Waals surface area (Å²) in [6, 6.07) is 10.8. The van der Waals surface area contributed by atoms with Gasteiger partial charge in [0.25, 0.3) is 5.56 Å². The van der Waals surface area contributed by atoms with Gasteiger partial charge in [-0.15, -0.1) is 0 Å². The number of ether oxygens (including phenoxy) is 2. The summed E-state index contributed by atoms with van der Waals surface area (Å²) in [5.41, 5.74) is -2.68. The number of carboxylic acids is 1. The Morgan fingerprint density at radius 2 is 1.82 bits per heavy atom. The first-order valence-electron chi connectivity index (χ1n) is 11.5. The maximum absolute atomic E-state index is 13.5. The van der Waals surface area contributed by atoms with E-state index >= 15 is 0 Å². The molecule has 38 heavy (non-hydrogen) atoms. The monoisotopic (exact) mass is 532 g/mol. The van der Waals surface area contributed by atoms with Crippen molar-refractivity contribution in [3.8, 4) is 11.3 Å². The number of cyclic esters (lactones) is 1. The average molecular weight is 532 g/mol. The molecule has 0 bridgehead atoms. The van der Waals surface area contributed by atoms with Crippen LogP contribution in [-0.4, -0.2) is 46.4 Å². The lowest BCUT2D eigenvalue weighted by Gasteiger charge is -2.29. The van der Waals surface area contributed by atoms with Crippen LogP contribution in [0.2, 0.25) is 0 Å². The van der Waals surface area contributed by atoms with Crippen molar-refractivity contribution in [3.63, 3.8) is 0 Å². The third kappa shape index (κ3) is 5.48. The lowest BCUT2D eigenvalue weighted by atomic mass is 10.0. The van der Waals surface area contributed by atoms with Crippen molar-refractivity contribution in [2.24, 2.45) is 0 Å². The van der Waals surface area contributed by atoms with E-state index in [0.29, 0.717) is 11.1 Å². The van der Waals surface area contributed by atoms with Gasteiger partial charge in [-0.2, -0.15) is 13.2 Å². The van der Waals surface area contributed by atoms with Gasteiger partial charge in [-0.3, -0.25) is 19.3 Å². The van der Waals surface area contributed by atoms with Gasteiger partial charge >= 0.3 is 24.2 Å². The lowest BCUT2D eigenvalue weighted by molar-refractivity contribution is -0.166. The number of pyridine rings is 1. The molecule has 1 atom stereocenters. The van der Waals surface area contributed by atoms with Gasteiger partial charge < -0.3 is 19.6 Å². The number of benzene rings is 2. The second kappa shape index (κ2) is 9.84. The van der Waals surface area contributed by atoms with Crippen molar-refractivity contribution >= 4 is 34.5 Å². The van der Waals surface area contributed by atoms with Crippen LogP contribution in [0.5, 0.6) is 0 Å². The summed E-state index contributed by atoms with van der Waals surface area (Å²) in [6.07, 6.45) is -7.00. The molecule has 0 radical (unpaired) electrons. The standard InChI is InChI=1S/C26H23F3N2O7/c1-25(2,38-22(34)10-9-21(32)33)20-13-31(24(36)37-20)15-8-7-14-11-19(30-23(35)17(14)12-15)16-5-3-4-6-18(16)26(27,28)29/h3-8,11-12,20H,9-10,13H2,1-2H3,(H,30,35)(H,32,33). The van der Waals surface area contributed by atoms with Crippen LogP contribution >= 0.6 is 0 Å². The molecule has 1 fully saturated rings. The van der Waals surface area contributed by atoms with Crippen molar-refractivity contribution in [3.05, 3.63) is 64.4 Å². The topological polar surface area (TPSA) is 126 Å². The van der Waals surface area contributed by atoms with E-state index in [4.69, 9.17) is 14.6 Å². The van der Waals surface area contributed by atoms with E-state index in [1.807, 2.05) is 0 Å². The van der Waals surface area contributed by atoms with Crippen LogP contribution in [0.25, 0.3) is 22.0 Å². The number of anilines is 1. The van der Waals surface area contributed by atoms with E-state index < -0.39 is 53.5 Å². The molecule has 1 unspecified atom stereocenters. The molecular weight excluding hydrogens is 509 g/mol. The number of amides is 1. The highest BCUT2D eigenvalue weighted by Gasteiger charge is 2.44. The van der Waals surface area contributed by atoms with Crippen LogP contribution in [-0.2, 0) is 25.2 Å². The van der Waals surface area contributed by atoms with Crippen molar-refractivity contribution in [2.75, 3.05) is 11.4 Å². The van der Waals surface area contributed by atoms with E-state index in [1.54, 1.807) is 0 Å². The second-order valence-corrected chi connectivity index (χ2v) is 9.28. The molecule has 1 aliphatic heterocycles. The number of nitrogens with one attached hydrogen (secondary N) is 1. The number of rotatable bonds is 7. The number of alkyl halides is 3. The molecule has 0 spiro atoms. The maximum Gasteiger partial charge on any atom is 0.417 e. The summed E-state index contributed by atoms with van der Waals surface area (Å²) >= 11 is 0. The van der Waals surface area contributed by atoms with Gasteiger partial charge in [0.2, 0.25) is 0 Å². The van der Waals surface area contributed by atoms with Gasteiger partial charge in [0.05, 0.1) is 24.9 Å². The highest BCUT2D eigenvalue weighted by Crippen LogP contribution is 2.37. The zero-order valence-corrected chi connectivity index (χ0v) is 20.3. The van der Waals surface area contributed by atoms with Gasteiger partial charge in [-0.05, 0) is 43.5 Å². The van der Waals surface area contributed by atoms with Crippen LogP contribution in [0, 0.1) is 0 Å². The predicted octanol–water partition coefficient (Wildman–Crippen LogP) is 4.73. The normalized spacial score (nSPS) is 16.0. The Morgan fingerprint density at radius 1 is 1.11 bits per heavy atom. The Bertz CT molecular complexity index is 1480. The summed E-state index contributed by atoms with van der Waals surface area (Å²) in [6.45, 7) is 3.02. The number of nitrogens with zero attached hydrogens (tertiary/aromatic N) is 1. The third-order valence-corrected chi connectivity index (χ3v) is 6.17. The molecule has 9 nitrogen and oxygen atoms in total. The number of H-pyrrole nitrogens is 1. The summed E-state index contributed by atoms with van der Waals surface area (Å²) in [7, 11) is 0. The number of hydrogen-bond acceptors (Lipinski definition) is 6. The van der Waals surface area contributed by atoms with E-state index in [-0.39, 0.29) is 29.6 Å². The second-order valence-electron chi connectivity index (χ2n) is 9.28. The molecular formula is C26H23F3N2O7. The number of aromatic amines is 1. The lowest BCUT2D eigenvalue weighted by Crippen LogP contribution is -2.43. The SMILES string of the molecule is CC(C)(OC(=O)CCC(=O)O)C1CN(c2ccc3cc(-c4ccccc4C(F)(F)F)[nH]c(=O)c3c2)C(=O)O1. The minimum Gasteiger partial charge on any atom is -0.481 e. The number of hydrogen-bond donors (Lipinski definition) is 2. The van der Waals surface area contributed by atoms with E-state index in [2.05, 4.69) is 4.98 Å². The Balaban J connectivity index is 1.59. The Kier molecular flexibility index (Phi) is 6.92. The van der Waals surface area contributed by atoms with Gasteiger partial charge in [-0.1, -0.05) is 24.3 Å². The fourth-order valence-electron chi connectivity index (χ4n) is 4.18. The number of carboxylic acid groups (broad SMARTS) is 1. The number of fused-ring (bicyclic) bond motifs is 1. The van der Waals surface area contributed by atoms with Crippen molar-refractivity contribution < 1.29 is 42.1 Å². The van der Waals surface area contributed by atoms with Gasteiger partial charge in [0.15, 0.2) is 6.10 Å². The van der Waals surface area contributed by atoms with E-state index in [1.165, 1.54) is 61.2 Å². The van der Waals surface area contributed by atoms with Crippen molar-refractivity contribution in [1.82, 2.24) is 4.98 Å². The number of halogens is 3. The first-order chi connectivity index (χ1) is 17.8. The van der Waals surface area contributed by atoms with Crippen LogP contribution in [0.3, 0.4) is 0 Å². The van der Waals surface area contributed by atoms with Crippen LogP contribution in [0.15, 0.2) is 53.3 Å². The predicted molar refractivity (Wildman–Crippen MR) is 130 cm³/mol. The van der Waals surface area contributed by atoms with Crippen LogP contribution < -0.4 is 10.5 Å². The number of carbonyl (C=O) groups excluding carboxylic acids is 2. The molecule has 1 saturated heterocycles. The molecule has 1 aliphatic rings. The summed E-state index contributed by atoms with van der Waals surface area (Å²) in [5, 5.41) is 9.23. The van der Waals surface area contributed by atoms with Gasteiger partial charge in [0, 0.05) is 22.3 Å². The molecule has 2 N–H and O–H groups in total. The first-order valence-corrected chi connectivity index (χ1v) is 11.5. The highest BCUT2D eigenvalue weighted by molar-refractivity contribution is 5.95. The summed E-state index contributed by atoms with van der Waals surface area (Å²) in [5.74, 6) is -1.91. The van der Waals surface area contributed by atoms with Gasteiger partial charge in [0.1, 0.15) is 5.60 Å². The molecule has 0 aliphatic carbocycles. The molecule has 3 aromatic rings. The van der Waals surface area contributed by atoms with Crippen molar-refractivity contribution in [2.45, 2.75) is 44.6 Å². The fraction of sp³-hybridized carbons (Fsp3) is 0.308. The highest BCUT2D eigenvalue weighted by atomic mass is 19.4. The molecule has 200 valence electrons. The zero-order chi connectivity index (χ0) is 27.8. The third-order valence-electron chi connectivity index (χ3n) is 6.17. The summed E-state index contributed by atoms with van der Waals surface area (Å²) in [4.78, 5) is 51.9. The largest absolute Gasteiger partial charge is 0.481 e. The number of esters is 1. The molecule has 2 aromatic carbocycles. The van der Waals surface area contributed by atoms with Crippen LogP contribution in [0.1, 0.15) is 32.3 Å².